The van der Waals surface area contributed by atoms with Gasteiger partial charge in [0.25, 0.3) is 0 Å². The van der Waals surface area contributed by atoms with E-state index >= 15 is 0 Å². The normalized spacial score (nSPS) is 11.1. The van der Waals surface area contributed by atoms with Gasteiger partial charge in [-0.1, -0.05) is 0 Å². The molecule has 1 N–H and O–H groups in total. The number of nitrogens with zero attached hydrogens (tertiary/aromatic N) is 4. The summed E-state index contributed by atoms with van der Waals surface area (Å²) < 4.78 is 15.7. The number of carboxylic acids is 1. The summed E-state index contributed by atoms with van der Waals surface area (Å²) in [6.07, 6.45) is 3.38. The number of aromatic carboxylic acids is 1. The summed E-state index contributed by atoms with van der Waals surface area (Å²) in [6.45, 7) is 4.97. The minimum absolute atomic E-state index is 0.0729. The average molecular weight is 300 g/mol. The Bertz CT molecular complexity index is 894. The lowest BCUT2D eigenvalue weighted by Gasteiger charge is -2.08. The van der Waals surface area contributed by atoms with E-state index in [0.717, 1.165) is 0 Å². The van der Waals surface area contributed by atoms with Crippen molar-refractivity contribution in [2.75, 3.05) is 0 Å². The molecule has 3 heterocycles. The van der Waals surface area contributed by atoms with Crippen LogP contribution in [0.25, 0.3) is 17.0 Å². The van der Waals surface area contributed by atoms with Gasteiger partial charge in [-0.05, 0) is 26.8 Å². The molecule has 0 aromatic carbocycles. The van der Waals surface area contributed by atoms with Crippen molar-refractivity contribution in [3.63, 3.8) is 0 Å². The van der Waals surface area contributed by atoms with Crippen molar-refractivity contribution < 1.29 is 14.3 Å². The number of aryl methyl sites for hydroxylation is 3. The summed E-state index contributed by atoms with van der Waals surface area (Å²) in [6, 6.07) is 1.30. The van der Waals surface area contributed by atoms with E-state index in [4.69, 9.17) is 5.11 Å². The van der Waals surface area contributed by atoms with Crippen LogP contribution < -0.4 is 0 Å². The number of carboxylic acid groups (broad SMARTS) is 1. The monoisotopic (exact) mass is 300 g/mol. The van der Waals surface area contributed by atoms with Gasteiger partial charge in [-0.25, -0.2) is 24.1 Å². The molecule has 0 spiro atoms. The Balaban J connectivity index is 2.21. The van der Waals surface area contributed by atoms with Crippen LogP contribution in [0.4, 0.5) is 4.39 Å². The second-order valence-corrected chi connectivity index (χ2v) is 5.09. The highest BCUT2D eigenvalue weighted by atomic mass is 19.1. The summed E-state index contributed by atoms with van der Waals surface area (Å²) in [7, 11) is 0. The lowest BCUT2D eigenvalue weighted by Crippen LogP contribution is -2.08. The minimum Gasteiger partial charge on any atom is -0.478 e. The van der Waals surface area contributed by atoms with Gasteiger partial charge in [-0.15, -0.1) is 0 Å². The fourth-order valence-electron chi connectivity index (χ4n) is 2.46. The Hall–Kier alpha value is -2.83. The zero-order chi connectivity index (χ0) is 16.0. The number of fused-ring (bicyclic) bond motifs is 1. The number of hydrogen-bond donors (Lipinski definition) is 1. The quantitative estimate of drug-likeness (QED) is 0.786. The average Bonchev–Trinajstić information content (AvgIpc) is 2.78. The molecule has 0 radical (unpaired) electrons. The lowest BCUT2D eigenvalue weighted by molar-refractivity contribution is 0.0694. The third kappa shape index (κ3) is 2.20. The summed E-state index contributed by atoms with van der Waals surface area (Å²) >= 11 is 0. The van der Waals surface area contributed by atoms with Gasteiger partial charge >= 0.3 is 5.97 Å². The topological polar surface area (TPSA) is 80.4 Å². The molecule has 112 valence electrons. The van der Waals surface area contributed by atoms with Crippen LogP contribution in [0.5, 0.6) is 0 Å². The molecular weight excluding hydrogens is 287 g/mol. The molecular formula is C15H13FN4O2. The summed E-state index contributed by atoms with van der Waals surface area (Å²) in [5, 5.41) is 9.14. The van der Waals surface area contributed by atoms with Crippen molar-refractivity contribution in [1.82, 2.24) is 19.4 Å². The van der Waals surface area contributed by atoms with Gasteiger partial charge in [0.15, 0.2) is 17.3 Å². The van der Waals surface area contributed by atoms with Gasteiger partial charge in [0, 0.05) is 18.0 Å². The molecule has 0 bridgehead atoms. The molecule has 0 unspecified atom stereocenters. The van der Waals surface area contributed by atoms with Crippen LogP contribution in [-0.2, 0) is 0 Å². The maximum atomic E-state index is 14.1. The Kier molecular flexibility index (Phi) is 3.13. The Morgan fingerprint density at radius 1 is 1.14 bits per heavy atom. The first-order valence-corrected chi connectivity index (χ1v) is 6.60. The van der Waals surface area contributed by atoms with Crippen molar-refractivity contribution in [1.29, 1.82) is 0 Å². The molecule has 3 rings (SSSR count). The first-order chi connectivity index (χ1) is 10.4. The first kappa shape index (κ1) is 14.1. The molecule has 0 aliphatic heterocycles. The van der Waals surface area contributed by atoms with Crippen LogP contribution in [0.1, 0.15) is 27.4 Å². The molecule has 3 aromatic heterocycles. The highest BCUT2D eigenvalue weighted by Crippen LogP contribution is 2.22. The van der Waals surface area contributed by atoms with Crippen LogP contribution in [0, 0.1) is 26.6 Å². The molecule has 0 atom stereocenters. The highest BCUT2D eigenvalue weighted by molar-refractivity contribution is 5.90. The number of pyridine rings is 1. The molecule has 0 saturated carbocycles. The van der Waals surface area contributed by atoms with Gasteiger partial charge in [0.1, 0.15) is 5.56 Å². The molecule has 6 nitrogen and oxygen atoms in total. The molecule has 0 amide bonds. The van der Waals surface area contributed by atoms with Crippen molar-refractivity contribution in [2.24, 2.45) is 0 Å². The number of hydrogen-bond acceptors (Lipinski definition) is 4. The van der Waals surface area contributed by atoms with Crippen LogP contribution >= 0.6 is 0 Å². The van der Waals surface area contributed by atoms with E-state index in [9.17, 15) is 9.18 Å². The smallest absolute Gasteiger partial charge is 0.339 e. The van der Waals surface area contributed by atoms with Crippen molar-refractivity contribution >= 4 is 11.6 Å². The Morgan fingerprint density at radius 3 is 2.36 bits per heavy atom. The predicted molar refractivity (Wildman–Crippen MR) is 77.3 cm³/mol. The van der Waals surface area contributed by atoms with E-state index in [1.54, 1.807) is 37.6 Å². The van der Waals surface area contributed by atoms with Gasteiger partial charge < -0.3 is 9.51 Å². The van der Waals surface area contributed by atoms with Crippen LogP contribution in [-0.4, -0.2) is 30.4 Å². The maximum Gasteiger partial charge on any atom is 0.339 e. The molecule has 22 heavy (non-hydrogen) atoms. The third-order valence-electron chi connectivity index (χ3n) is 3.37. The highest BCUT2D eigenvalue weighted by Gasteiger charge is 2.17. The molecule has 0 saturated heterocycles. The van der Waals surface area contributed by atoms with E-state index in [1.165, 1.54) is 6.07 Å². The van der Waals surface area contributed by atoms with Crippen molar-refractivity contribution in [2.45, 2.75) is 20.8 Å². The van der Waals surface area contributed by atoms with Gasteiger partial charge in [-0.2, -0.15) is 0 Å². The van der Waals surface area contributed by atoms with Crippen LogP contribution in [0.3, 0.4) is 0 Å². The Labute approximate surface area is 125 Å². The molecule has 0 aliphatic rings. The molecule has 0 aliphatic carbocycles. The number of carbonyl (C=O) groups is 1. The third-order valence-corrected chi connectivity index (χ3v) is 3.37. The molecule has 0 fully saturated rings. The van der Waals surface area contributed by atoms with Crippen LogP contribution in [0.15, 0.2) is 18.5 Å². The van der Waals surface area contributed by atoms with E-state index in [0.29, 0.717) is 22.6 Å². The first-order valence-electron chi connectivity index (χ1n) is 6.60. The summed E-state index contributed by atoms with van der Waals surface area (Å²) in [5.41, 5.74) is 2.16. The Morgan fingerprint density at radius 2 is 1.77 bits per heavy atom. The van der Waals surface area contributed by atoms with Crippen molar-refractivity contribution in [3.8, 4) is 11.4 Å². The second-order valence-electron chi connectivity index (χ2n) is 5.09. The number of imidazole rings is 1. The van der Waals surface area contributed by atoms with Crippen molar-refractivity contribution in [3.05, 3.63) is 46.9 Å². The summed E-state index contributed by atoms with van der Waals surface area (Å²) in [5.74, 6) is -1.27. The molecule has 7 heteroatoms. The zero-order valence-corrected chi connectivity index (χ0v) is 12.3. The van der Waals surface area contributed by atoms with E-state index in [-0.39, 0.29) is 17.0 Å². The molecule has 3 aromatic rings. The number of aromatic nitrogens is 4. The predicted octanol–water partition coefficient (Wildman–Crippen LogP) is 2.55. The van der Waals surface area contributed by atoms with Gasteiger partial charge in [0.05, 0.1) is 17.1 Å². The fraction of sp³-hybridized carbons (Fsp3) is 0.200. The lowest BCUT2D eigenvalue weighted by atomic mass is 10.1. The van der Waals surface area contributed by atoms with E-state index in [2.05, 4.69) is 15.0 Å². The minimum atomic E-state index is -1.08. The van der Waals surface area contributed by atoms with E-state index < -0.39 is 11.8 Å². The second kappa shape index (κ2) is 4.87. The number of halogens is 1. The van der Waals surface area contributed by atoms with Gasteiger partial charge in [0.2, 0.25) is 0 Å². The maximum absolute atomic E-state index is 14.1. The largest absolute Gasteiger partial charge is 0.478 e. The number of rotatable bonds is 2. The zero-order valence-electron chi connectivity index (χ0n) is 12.3. The standard InChI is InChI=1S/C15H13FN4O2/c1-7-5-20-6-10(4-11(16)14(20)17-7)13-18-8(2)12(15(21)22)9(3)19-13/h4-6H,1-3H3,(H,21,22). The fourth-order valence-corrected chi connectivity index (χ4v) is 2.46. The summed E-state index contributed by atoms with van der Waals surface area (Å²) in [4.78, 5) is 23.6. The van der Waals surface area contributed by atoms with Crippen LogP contribution in [0.2, 0.25) is 0 Å². The van der Waals surface area contributed by atoms with Gasteiger partial charge in [-0.3, -0.25) is 0 Å². The SMILES string of the molecule is Cc1cn2cc(-c3nc(C)c(C(=O)O)c(C)n3)cc(F)c2n1. The van der Waals surface area contributed by atoms with E-state index in [1.807, 2.05) is 0 Å².